The Morgan fingerprint density at radius 2 is 2.29 bits per heavy atom. The van der Waals surface area contributed by atoms with Gasteiger partial charge in [0.25, 0.3) is 0 Å². The van der Waals surface area contributed by atoms with Crippen LogP contribution >= 0.6 is 0 Å². The van der Waals surface area contributed by atoms with Crippen molar-refractivity contribution in [3.05, 3.63) is 26.5 Å². The molecule has 0 aromatic heterocycles. The van der Waals surface area contributed by atoms with Crippen molar-refractivity contribution in [1.29, 1.82) is 0 Å². The number of rotatable bonds is 2. The lowest BCUT2D eigenvalue weighted by atomic mass is 9.93. The van der Waals surface area contributed by atoms with Gasteiger partial charge in [-0.15, -0.1) is 6.58 Å². The molecule has 0 N–H and O–H groups in total. The van der Waals surface area contributed by atoms with Crippen molar-refractivity contribution in [2.45, 2.75) is 13.3 Å². The van der Waals surface area contributed by atoms with E-state index in [1.807, 2.05) is 13.0 Å². The van der Waals surface area contributed by atoms with Gasteiger partial charge in [0.05, 0.1) is 6.92 Å². The van der Waals surface area contributed by atoms with Crippen molar-refractivity contribution in [2.24, 2.45) is 5.41 Å². The van der Waals surface area contributed by atoms with Gasteiger partial charge in [-0.25, -0.2) is 0 Å². The molecule has 0 saturated carbocycles. The van der Waals surface area contributed by atoms with Crippen molar-refractivity contribution < 1.29 is 0 Å². The summed E-state index contributed by atoms with van der Waals surface area (Å²) in [5.74, 6) is 0. The Morgan fingerprint density at radius 1 is 1.86 bits per heavy atom. The maximum absolute atomic E-state index is 3.78. The highest BCUT2D eigenvalue weighted by atomic mass is 14.1. The molecular weight excluding hydrogens is 84.1 g/mol. The molecule has 0 bridgehead atoms. The quantitative estimate of drug-likeness (QED) is 0.365. The van der Waals surface area contributed by atoms with Crippen LogP contribution in [0.5, 0.6) is 0 Å². The van der Waals surface area contributed by atoms with Gasteiger partial charge in [0.2, 0.25) is 0 Å². The first kappa shape index (κ1) is 6.61. The molecular formula is C7H12+. The third-order valence-corrected chi connectivity index (χ3v) is 0.637. The van der Waals surface area contributed by atoms with E-state index in [0.29, 0.717) is 0 Å². The van der Waals surface area contributed by atoms with E-state index in [1.165, 1.54) is 0 Å². The topological polar surface area (TPSA) is 0 Å². The van der Waals surface area contributed by atoms with Crippen LogP contribution in [0.2, 0.25) is 0 Å². The third-order valence-electron chi connectivity index (χ3n) is 0.637. The Hall–Kier alpha value is -0.390. The summed E-state index contributed by atoms with van der Waals surface area (Å²) in [6.45, 7) is 13.1. The minimum atomic E-state index is -0.0677. The van der Waals surface area contributed by atoms with Crippen LogP contribution in [0.25, 0.3) is 0 Å². The van der Waals surface area contributed by atoms with Crippen LogP contribution in [-0.4, -0.2) is 0 Å². The molecule has 0 aliphatic rings. The van der Waals surface area contributed by atoms with Gasteiger partial charge >= 0.3 is 0 Å². The minimum absolute atomic E-state index is 0.0677. The van der Waals surface area contributed by atoms with Crippen LogP contribution in [-0.2, 0) is 0 Å². The molecule has 0 amide bonds. The van der Waals surface area contributed by atoms with Crippen molar-refractivity contribution in [2.75, 3.05) is 0 Å². The second-order valence-corrected chi connectivity index (χ2v) is 2.30. The average molecular weight is 96.2 g/mol. The first-order valence-corrected chi connectivity index (χ1v) is 2.38. The van der Waals surface area contributed by atoms with Crippen molar-refractivity contribution >= 4 is 0 Å². The summed E-state index contributed by atoms with van der Waals surface area (Å²) in [5.41, 5.74) is -0.0677. The molecule has 0 aromatic carbocycles. The highest BCUT2D eigenvalue weighted by Crippen LogP contribution is 2.16. The summed E-state index contributed by atoms with van der Waals surface area (Å²) < 4.78 is 0. The molecule has 0 nitrogen and oxygen atoms in total. The standard InChI is InChI=1S/C7H12/c1-5-6-7(2,3)4/h5H,1-3,6H2,4H3/q+1. The van der Waals surface area contributed by atoms with Gasteiger partial charge in [-0.3, -0.25) is 0 Å². The molecule has 0 unspecified atom stereocenters. The Kier molecular flexibility index (Phi) is 1.94. The molecule has 0 heteroatoms. The molecule has 7 heavy (non-hydrogen) atoms. The van der Waals surface area contributed by atoms with Gasteiger partial charge in [-0.1, -0.05) is 6.08 Å². The SMILES string of the molecule is [CH2]C([CH2+])(C)CC=C. The fraction of sp³-hybridized carbons (Fsp3) is 0.429. The predicted molar refractivity (Wildman–Crippen MR) is 33.6 cm³/mol. The van der Waals surface area contributed by atoms with Crippen molar-refractivity contribution in [3.8, 4) is 0 Å². The number of allylic oxidation sites excluding steroid dienone is 1. The Labute approximate surface area is 46.2 Å². The van der Waals surface area contributed by atoms with E-state index in [0.717, 1.165) is 6.42 Å². The van der Waals surface area contributed by atoms with Crippen LogP contribution in [0.4, 0.5) is 0 Å². The zero-order chi connectivity index (χ0) is 5.91. The summed E-state index contributed by atoms with van der Waals surface area (Å²) in [6, 6.07) is 0. The van der Waals surface area contributed by atoms with Crippen LogP contribution in [0.15, 0.2) is 12.7 Å². The van der Waals surface area contributed by atoms with Gasteiger partial charge in [-0.2, -0.15) is 0 Å². The molecule has 0 aliphatic heterocycles. The van der Waals surface area contributed by atoms with E-state index in [1.54, 1.807) is 0 Å². The van der Waals surface area contributed by atoms with Gasteiger partial charge in [0.15, 0.2) is 0 Å². The van der Waals surface area contributed by atoms with E-state index >= 15 is 0 Å². The Balaban J connectivity index is 3.34. The summed E-state index contributed by atoms with van der Waals surface area (Å²) in [4.78, 5) is 0. The van der Waals surface area contributed by atoms with E-state index in [-0.39, 0.29) is 5.41 Å². The lowest BCUT2D eigenvalue weighted by Crippen LogP contribution is -2.02. The predicted octanol–water partition coefficient (Wildman–Crippen LogP) is 2.24. The van der Waals surface area contributed by atoms with Crippen molar-refractivity contribution in [1.82, 2.24) is 0 Å². The molecule has 0 heterocycles. The summed E-state index contributed by atoms with van der Waals surface area (Å²) in [5, 5.41) is 0. The highest BCUT2D eigenvalue weighted by molar-refractivity contribution is 4.86. The van der Waals surface area contributed by atoms with Crippen LogP contribution in [0.1, 0.15) is 13.3 Å². The van der Waals surface area contributed by atoms with Crippen molar-refractivity contribution in [3.63, 3.8) is 0 Å². The molecule has 0 rings (SSSR count). The molecule has 0 spiro atoms. The maximum atomic E-state index is 3.78. The smallest absolute Gasteiger partial charge is 0.103 e. The molecule has 0 atom stereocenters. The zero-order valence-electron chi connectivity index (χ0n) is 4.91. The van der Waals surface area contributed by atoms with E-state index in [9.17, 15) is 0 Å². The fourth-order valence-corrected chi connectivity index (χ4v) is 0.348. The second-order valence-electron chi connectivity index (χ2n) is 2.30. The second kappa shape index (κ2) is 2.06. The first-order valence-electron chi connectivity index (χ1n) is 2.38. The molecule has 0 saturated heterocycles. The summed E-state index contributed by atoms with van der Waals surface area (Å²) in [6.07, 6.45) is 2.72. The normalized spacial score (nSPS) is 11.1. The molecule has 0 aromatic rings. The van der Waals surface area contributed by atoms with E-state index in [4.69, 9.17) is 0 Å². The number of hydrogen-bond donors (Lipinski definition) is 0. The maximum Gasteiger partial charge on any atom is 0.106 e. The molecule has 0 aliphatic carbocycles. The lowest BCUT2D eigenvalue weighted by molar-refractivity contribution is 0.552. The van der Waals surface area contributed by atoms with E-state index in [2.05, 4.69) is 20.4 Å². The monoisotopic (exact) mass is 96.1 g/mol. The lowest BCUT2D eigenvalue weighted by Gasteiger charge is -2.04. The molecule has 1 radical (unpaired) electrons. The van der Waals surface area contributed by atoms with Crippen LogP contribution < -0.4 is 0 Å². The van der Waals surface area contributed by atoms with Crippen LogP contribution in [0.3, 0.4) is 0 Å². The molecule has 39 valence electrons. The minimum Gasteiger partial charge on any atom is -0.103 e. The Bertz CT molecular complexity index is 54.9. The first-order chi connectivity index (χ1) is 3.06. The zero-order valence-corrected chi connectivity index (χ0v) is 4.91. The van der Waals surface area contributed by atoms with E-state index < -0.39 is 0 Å². The third kappa shape index (κ3) is 5.61. The van der Waals surface area contributed by atoms with Gasteiger partial charge in [-0.05, 0) is 13.8 Å². The fourth-order valence-electron chi connectivity index (χ4n) is 0.348. The average Bonchev–Trinajstić information content (AvgIpc) is 1.30. The number of hydrogen-bond acceptors (Lipinski definition) is 0. The Morgan fingerprint density at radius 3 is 2.29 bits per heavy atom. The largest absolute Gasteiger partial charge is 0.106 e. The molecule has 0 fully saturated rings. The summed E-state index contributed by atoms with van der Waals surface area (Å²) >= 11 is 0. The van der Waals surface area contributed by atoms with Gasteiger partial charge in [0.1, 0.15) is 5.41 Å². The van der Waals surface area contributed by atoms with Gasteiger partial charge < -0.3 is 0 Å². The van der Waals surface area contributed by atoms with Crippen LogP contribution in [0, 0.1) is 19.3 Å². The summed E-state index contributed by atoms with van der Waals surface area (Å²) in [7, 11) is 0. The highest BCUT2D eigenvalue weighted by Gasteiger charge is 2.14. The van der Waals surface area contributed by atoms with Gasteiger partial charge in [0, 0.05) is 6.42 Å².